The summed E-state index contributed by atoms with van der Waals surface area (Å²) in [5.74, 6) is 3.41. The fourth-order valence-electron chi connectivity index (χ4n) is 17.7. The van der Waals surface area contributed by atoms with E-state index >= 15 is 0 Å². The van der Waals surface area contributed by atoms with Crippen LogP contribution in [-0.4, -0.2) is 125 Å². The van der Waals surface area contributed by atoms with Crippen molar-refractivity contribution in [3.8, 4) is 0 Å². The molecular formula is C101H194N2O11. The molecular weight excluding hydrogens is 1420 g/mol. The van der Waals surface area contributed by atoms with E-state index in [4.69, 9.17) is 28.4 Å². The zero-order valence-electron chi connectivity index (χ0n) is 77.7. The van der Waals surface area contributed by atoms with Gasteiger partial charge in [0.25, 0.3) is 0 Å². The number of rotatable bonds is 89. The van der Waals surface area contributed by atoms with Crippen LogP contribution in [0.15, 0.2) is 0 Å². The summed E-state index contributed by atoms with van der Waals surface area (Å²) in [6.07, 6.45) is 74.4. The van der Waals surface area contributed by atoms with E-state index in [0.717, 1.165) is 206 Å². The molecule has 0 amide bonds. The van der Waals surface area contributed by atoms with E-state index in [0.29, 0.717) is 100.0 Å². The van der Waals surface area contributed by atoms with Crippen molar-refractivity contribution >= 4 is 29.8 Å². The molecule has 13 heteroatoms. The summed E-state index contributed by atoms with van der Waals surface area (Å²) in [6, 6.07) is 0. The summed E-state index contributed by atoms with van der Waals surface area (Å²) >= 11 is 0. The molecule has 1 saturated heterocycles. The van der Waals surface area contributed by atoms with Gasteiger partial charge in [-0.1, -0.05) is 338 Å². The number of hydrogen-bond donors (Lipinski definition) is 0. The average Bonchev–Trinajstić information content (AvgIpc) is 1.22. The van der Waals surface area contributed by atoms with Crippen molar-refractivity contribution in [2.45, 2.75) is 499 Å². The highest BCUT2D eigenvalue weighted by Gasteiger charge is 2.29. The number of esters is 5. The molecule has 0 N–H and O–H groups in total. The van der Waals surface area contributed by atoms with Crippen LogP contribution in [0.5, 0.6) is 0 Å². The lowest BCUT2D eigenvalue weighted by Crippen LogP contribution is -2.28. The average molecular weight is 1610 g/mol. The molecule has 1 aliphatic heterocycles. The van der Waals surface area contributed by atoms with Gasteiger partial charge in [0.1, 0.15) is 6.10 Å². The van der Waals surface area contributed by atoms with Crippen LogP contribution in [0.25, 0.3) is 0 Å². The second-order valence-electron chi connectivity index (χ2n) is 36.3. The van der Waals surface area contributed by atoms with Gasteiger partial charge in [0.15, 0.2) is 0 Å². The topological polar surface area (TPSA) is 147 Å². The molecule has 0 aromatic heterocycles. The molecule has 674 valence electrons. The minimum absolute atomic E-state index is 0.00196. The van der Waals surface area contributed by atoms with Crippen LogP contribution in [0, 0.1) is 41.4 Å². The molecule has 1 fully saturated rings. The zero-order valence-corrected chi connectivity index (χ0v) is 77.7. The first-order chi connectivity index (χ1) is 55.7. The summed E-state index contributed by atoms with van der Waals surface area (Å²) in [6.45, 7) is 30.0. The Morgan fingerprint density at radius 2 is 0.693 bits per heavy atom. The van der Waals surface area contributed by atoms with Crippen LogP contribution in [0.1, 0.15) is 493 Å². The molecule has 1 heterocycles. The SMILES string of the molecule is CCCCCC(CCCCC)CC(=O)OCCCCCCCCC(CCCCCCCCOC(=O)CC(CCCCC)CCCC(C)C(COC(=O)CCCCCCCCCC(CCCCCCCCCC(=O)OCCC(CCCC)CCCC)COCCCN1CCCC1)C(CCCC)CCCC)OC(=O)CCCN(C)CC. The Kier molecular flexibility index (Phi) is 79.1. The Morgan fingerprint density at radius 1 is 0.316 bits per heavy atom. The predicted octanol–water partition coefficient (Wildman–Crippen LogP) is 29.0. The summed E-state index contributed by atoms with van der Waals surface area (Å²) in [4.78, 5) is 70.0. The molecule has 13 nitrogen and oxygen atoms in total. The van der Waals surface area contributed by atoms with Crippen molar-refractivity contribution in [2.75, 3.05) is 79.4 Å². The molecule has 0 saturated carbocycles. The molecule has 0 aromatic carbocycles. The third-order valence-corrected chi connectivity index (χ3v) is 25.6. The van der Waals surface area contributed by atoms with Gasteiger partial charge >= 0.3 is 29.8 Å². The quantitative estimate of drug-likeness (QED) is 0.0324. The lowest BCUT2D eigenvalue weighted by atomic mass is 9.75. The Morgan fingerprint density at radius 3 is 1.16 bits per heavy atom. The van der Waals surface area contributed by atoms with Crippen LogP contribution in [0.4, 0.5) is 0 Å². The first-order valence-corrected chi connectivity index (χ1v) is 50.6. The Hall–Kier alpha value is -2.77. The van der Waals surface area contributed by atoms with Crippen LogP contribution < -0.4 is 0 Å². The number of carbonyl (C=O) groups is 5. The smallest absolute Gasteiger partial charge is 0.306 e. The van der Waals surface area contributed by atoms with Crippen molar-refractivity contribution in [2.24, 2.45) is 41.4 Å². The largest absolute Gasteiger partial charge is 0.466 e. The van der Waals surface area contributed by atoms with E-state index in [1.807, 2.05) is 0 Å². The first kappa shape index (κ1) is 109. The Balaban J connectivity index is 2.57. The number of likely N-dealkylation sites (tertiary alicyclic amines) is 1. The van der Waals surface area contributed by atoms with Gasteiger partial charge in [-0.05, 0) is 197 Å². The van der Waals surface area contributed by atoms with Gasteiger partial charge in [-0.25, -0.2) is 0 Å². The maximum Gasteiger partial charge on any atom is 0.306 e. The second-order valence-corrected chi connectivity index (χ2v) is 36.3. The molecule has 114 heavy (non-hydrogen) atoms. The lowest BCUT2D eigenvalue weighted by Gasteiger charge is -2.32. The summed E-state index contributed by atoms with van der Waals surface area (Å²) < 4.78 is 36.1. The van der Waals surface area contributed by atoms with Crippen molar-refractivity contribution in [3.63, 3.8) is 0 Å². The summed E-state index contributed by atoms with van der Waals surface area (Å²) in [5, 5.41) is 0. The number of carbonyl (C=O) groups excluding carboxylic acids is 5. The van der Waals surface area contributed by atoms with Crippen LogP contribution >= 0.6 is 0 Å². The summed E-state index contributed by atoms with van der Waals surface area (Å²) in [5.41, 5.74) is 0. The third kappa shape index (κ3) is 68.9. The molecule has 0 aliphatic carbocycles. The molecule has 5 unspecified atom stereocenters. The highest BCUT2D eigenvalue weighted by atomic mass is 16.6. The standard InChI is InChI=1S/C101H194N2O11/c1-11-19-44-63-91(64-45-20-12-2)85-100(107)110-82-55-42-34-32-38-49-71-95(114-99(106)75-58-77-102(10)18-8)72-50-39-33-35-43-56-83-111-101(108)86-92(65-46-21-13-3)68-57-60-89(9)96(94(69-24-16-6)70-25-17-7)88-113-98(105)74-52-41-31-27-29-37-48-67-93(87-109-81-59-80-103-78-53-54-79-103)66-47-36-28-26-30-40-51-73-97(104)112-84-76-90(61-22-14-4)62-23-15-5/h89-96H,11-88H2,1-10H3. The second kappa shape index (κ2) is 82.5. The van der Waals surface area contributed by atoms with Crippen molar-refractivity contribution in [1.82, 2.24) is 9.80 Å². The van der Waals surface area contributed by atoms with Gasteiger partial charge in [0.05, 0.1) is 26.4 Å². The molecule has 1 aliphatic rings. The highest BCUT2D eigenvalue weighted by molar-refractivity contribution is 5.71. The van der Waals surface area contributed by atoms with E-state index in [9.17, 15) is 24.0 Å². The predicted molar refractivity (Wildman–Crippen MR) is 483 cm³/mol. The van der Waals surface area contributed by atoms with Gasteiger partial charge in [-0.2, -0.15) is 0 Å². The fourth-order valence-corrected chi connectivity index (χ4v) is 17.7. The van der Waals surface area contributed by atoms with E-state index < -0.39 is 0 Å². The van der Waals surface area contributed by atoms with E-state index in [1.54, 1.807) is 0 Å². The van der Waals surface area contributed by atoms with Gasteiger partial charge in [-0.3, -0.25) is 24.0 Å². The third-order valence-electron chi connectivity index (χ3n) is 25.6. The first-order valence-electron chi connectivity index (χ1n) is 50.6. The molecule has 5 atom stereocenters. The highest BCUT2D eigenvalue weighted by Crippen LogP contribution is 2.35. The monoisotopic (exact) mass is 1610 g/mol. The minimum Gasteiger partial charge on any atom is -0.466 e. The molecule has 1 rings (SSSR count). The maximum atomic E-state index is 13.5. The zero-order chi connectivity index (χ0) is 83.1. The lowest BCUT2D eigenvalue weighted by molar-refractivity contribution is -0.150. The van der Waals surface area contributed by atoms with Crippen LogP contribution in [-0.2, 0) is 52.4 Å². The van der Waals surface area contributed by atoms with E-state index in [1.165, 1.54) is 238 Å². The van der Waals surface area contributed by atoms with Gasteiger partial charge < -0.3 is 38.2 Å². The normalized spacial score (nSPS) is 14.0. The minimum atomic E-state index is -0.0567. The van der Waals surface area contributed by atoms with Crippen LogP contribution in [0.3, 0.4) is 0 Å². The molecule has 0 bridgehead atoms. The van der Waals surface area contributed by atoms with Gasteiger partial charge in [-0.15, -0.1) is 0 Å². The number of nitrogens with zero attached hydrogens (tertiary/aromatic N) is 2. The Bertz CT molecular complexity index is 2080. The summed E-state index contributed by atoms with van der Waals surface area (Å²) in [7, 11) is 2.10. The van der Waals surface area contributed by atoms with Crippen molar-refractivity contribution < 1.29 is 52.4 Å². The Labute approximate surface area is 707 Å². The fraction of sp³-hybridized carbons (Fsp3) is 0.950. The van der Waals surface area contributed by atoms with Gasteiger partial charge in [0.2, 0.25) is 0 Å². The maximum absolute atomic E-state index is 13.5. The van der Waals surface area contributed by atoms with E-state index in [-0.39, 0.29) is 36.0 Å². The van der Waals surface area contributed by atoms with Crippen LogP contribution in [0.2, 0.25) is 0 Å². The van der Waals surface area contributed by atoms with Gasteiger partial charge in [0, 0.05) is 51.9 Å². The van der Waals surface area contributed by atoms with E-state index in [2.05, 4.69) is 79.2 Å². The van der Waals surface area contributed by atoms with Crippen molar-refractivity contribution in [1.29, 1.82) is 0 Å². The molecule has 0 aromatic rings. The number of hydrogen-bond acceptors (Lipinski definition) is 13. The molecule has 0 radical (unpaired) electrons. The number of ether oxygens (including phenoxy) is 6. The van der Waals surface area contributed by atoms with Crippen molar-refractivity contribution in [3.05, 3.63) is 0 Å². The molecule has 0 spiro atoms. The number of unbranched alkanes of at least 4 members (excludes halogenated alkanes) is 32.